The summed E-state index contributed by atoms with van der Waals surface area (Å²) in [7, 11) is 0. The molecule has 8 heteroatoms. The van der Waals surface area contributed by atoms with E-state index < -0.39 is 11.7 Å². The van der Waals surface area contributed by atoms with Crippen molar-refractivity contribution in [2.75, 3.05) is 0 Å². The lowest BCUT2D eigenvalue weighted by Gasteiger charge is -2.07. The zero-order valence-electron chi connectivity index (χ0n) is 11.7. The number of aromatic amines is 1. The van der Waals surface area contributed by atoms with E-state index in [2.05, 4.69) is 15.3 Å². The van der Waals surface area contributed by atoms with Crippen LogP contribution in [-0.2, 0) is 6.54 Å². The molecule has 22 heavy (non-hydrogen) atoms. The first-order chi connectivity index (χ1) is 10.6. The van der Waals surface area contributed by atoms with Crippen LogP contribution in [0.25, 0.3) is 17.2 Å². The summed E-state index contributed by atoms with van der Waals surface area (Å²) in [5.74, 6) is -0.595. The third kappa shape index (κ3) is 2.20. The highest BCUT2D eigenvalue weighted by atomic mass is 16.4. The van der Waals surface area contributed by atoms with Gasteiger partial charge in [-0.3, -0.25) is 4.68 Å². The number of nitrogens with one attached hydrogen (secondary N) is 1. The number of rotatable bonds is 4. The fraction of sp³-hybridized carbons (Fsp3) is 0.143. The van der Waals surface area contributed by atoms with Crippen molar-refractivity contribution in [2.45, 2.75) is 13.5 Å². The van der Waals surface area contributed by atoms with Gasteiger partial charge in [-0.15, -0.1) is 0 Å². The average molecular weight is 299 g/mol. The zero-order valence-corrected chi connectivity index (χ0v) is 11.7. The maximum absolute atomic E-state index is 12.1. The van der Waals surface area contributed by atoms with Crippen LogP contribution in [0.4, 0.5) is 0 Å². The number of nitrogens with zero attached hydrogens (tertiary/aromatic N) is 4. The van der Waals surface area contributed by atoms with Crippen LogP contribution in [-0.4, -0.2) is 35.6 Å². The van der Waals surface area contributed by atoms with Crippen LogP contribution in [0.5, 0.6) is 0 Å². The topological polar surface area (TPSA) is 106 Å². The van der Waals surface area contributed by atoms with Gasteiger partial charge >= 0.3 is 11.7 Å². The van der Waals surface area contributed by atoms with Gasteiger partial charge in [0.15, 0.2) is 5.82 Å². The summed E-state index contributed by atoms with van der Waals surface area (Å²) in [5, 5.41) is 19.6. The number of carboxylic acids is 1. The van der Waals surface area contributed by atoms with Crippen LogP contribution in [0.1, 0.15) is 17.3 Å². The second kappa shape index (κ2) is 5.32. The fourth-order valence-electron chi connectivity index (χ4n) is 2.24. The SMILES string of the molecule is CCn1nccc1-c1n[nH]c(=O)n1-c1ccc(C(=O)O)cc1. The normalized spacial score (nSPS) is 10.8. The Bertz CT molecular complexity index is 873. The molecular weight excluding hydrogens is 286 g/mol. The number of H-pyrrole nitrogens is 1. The molecule has 112 valence electrons. The van der Waals surface area contributed by atoms with Crippen molar-refractivity contribution < 1.29 is 9.90 Å². The number of hydrogen-bond acceptors (Lipinski definition) is 4. The molecule has 0 amide bonds. The van der Waals surface area contributed by atoms with Crippen molar-refractivity contribution in [1.29, 1.82) is 0 Å². The molecule has 0 aliphatic carbocycles. The van der Waals surface area contributed by atoms with E-state index in [9.17, 15) is 9.59 Å². The minimum atomic E-state index is -1.02. The number of aryl methyl sites for hydroxylation is 1. The summed E-state index contributed by atoms with van der Waals surface area (Å²) in [6, 6.07) is 7.78. The Morgan fingerprint density at radius 1 is 1.27 bits per heavy atom. The number of carbonyl (C=O) groups is 1. The van der Waals surface area contributed by atoms with E-state index in [1.54, 1.807) is 29.1 Å². The molecule has 2 heterocycles. The van der Waals surface area contributed by atoms with E-state index in [4.69, 9.17) is 5.11 Å². The predicted octanol–water partition coefficient (Wildman–Crippen LogP) is 1.14. The van der Waals surface area contributed by atoms with Crippen LogP contribution in [0, 0.1) is 0 Å². The van der Waals surface area contributed by atoms with E-state index in [0.717, 1.165) is 0 Å². The zero-order chi connectivity index (χ0) is 15.7. The molecule has 0 saturated carbocycles. The number of hydrogen-bond donors (Lipinski definition) is 2. The van der Waals surface area contributed by atoms with Gasteiger partial charge < -0.3 is 5.11 Å². The van der Waals surface area contributed by atoms with Crippen molar-refractivity contribution in [3.05, 3.63) is 52.6 Å². The third-order valence-corrected chi connectivity index (χ3v) is 3.29. The Morgan fingerprint density at radius 3 is 2.64 bits per heavy atom. The summed E-state index contributed by atoms with van der Waals surface area (Å²) >= 11 is 0. The lowest BCUT2D eigenvalue weighted by molar-refractivity contribution is 0.0697. The van der Waals surface area contributed by atoms with Gasteiger partial charge in [-0.1, -0.05) is 0 Å². The summed E-state index contributed by atoms with van der Waals surface area (Å²) < 4.78 is 3.10. The minimum absolute atomic E-state index is 0.153. The van der Waals surface area contributed by atoms with Crippen LogP contribution >= 0.6 is 0 Å². The van der Waals surface area contributed by atoms with Crippen molar-refractivity contribution in [2.24, 2.45) is 0 Å². The maximum Gasteiger partial charge on any atom is 0.348 e. The molecule has 0 fully saturated rings. The van der Waals surface area contributed by atoms with Crippen molar-refractivity contribution in [3.63, 3.8) is 0 Å². The molecule has 0 radical (unpaired) electrons. The van der Waals surface area contributed by atoms with Crippen LogP contribution < -0.4 is 5.69 Å². The number of benzene rings is 1. The van der Waals surface area contributed by atoms with Gasteiger partial charge in [0.25, 0.3) is 0 Å². The lowest BCUT2D eigenvalue weighted by Crippen LogP contribution is -2.16. The van der Waals surface area contributed by atoms with Gasteiger partial charge in [0.05, 0.1) is 11.3 Å². The van der Waals surface area contributed by atoms with Crippen LogP contribution in [0.2, 0.25) is 0 Å². The maximum atomic E-state index is 12.1. The Balaban J connectivity index is 2.14. The second-order valence-electron chi connectivity index (χ2n) is 4.57. The van der Waals surface area contributed by atoms with Gasteiger partial charge in [0, 0.05) is 12.7 Å². The molecule has 0 aliphatic rings. The average Bonchev–Trinajstić information content (AvgIpc) is 3.13. The standard InChI is InChI=1S/C14H13N5O3/c1-2-18-11(7-8-15-18)12-16-17-14(22)19(12)10-5-3-9(4-6-10)13(20)21/h3-8H,2H2,1H3,(H,17,22)(H,20,21). The molecule has 3 rings (SSSR count). The third-order valence-electron chi connectivity index (χ3n) is 3.29. The molecule has 1 aromatic carbocycles. The quantitative estimate of drug-likeness (QED) is 0.751. The monoisotopic (exact) mass is 299 g/mol. The van der Waals surface area contributed by atoms with Gasteiger partial charge in [0.2, 0.25) is 0 Å². The highest BCUT2D eigenvalue weighted by molar-refractivity contribution is 5.87. The highest BCUT2D eigenvalue weighted by Crippen LogP contribution is 2.19. The molecule has 0 saturated heterocycles. The molecular formula is C14H13N5O3. The first-order valence-electron chi connectivity index (χ1n) is 6.65. The largest absolute Gasteiger partial charge is 0.478 e. The van der Waals surface area contributed by atoms with Gasteiger partial charge in [-0.25, -0.2) is 19.3 Å². The molecule has 3 aromatic rings. The van der Waals surface area contributed by atoms with E-state index in [-0.39, 0.29) is 5.56 Å². The van der Waals surface area contributed by atoms with Crippen molar-refractivity contribution >= 4 is 5.97 Å². The van der Waals surface area contributed by atoms with Gasteiger partial charge in [-0.05, 0) is 37.3 Å². The molecule has 0 spiro atoms. The summed E-state index contributed by atoms with van der Waals surface area (Å²) in [5.41, 5.74) is 0.980. The molecule has 8 nitrogen and oxygen atoms in total. The van der Waals surface area contributed by atoms with Crippen molar-refractivity contribution in [1.82, 2.24) is 24.5 Å². The van der Waals surface area contributed by atoms with E-state index in [1.165, 1.54) is 16.7 Å². The summed E-state index contributed by atoms with van der Waals surface area (Å²) in [4.78, 5) is 23.0. The number of aromatic carboxylic acids is 1. The number of aromatic nitrogens is 5. The Morgan fingerprint density at radius 2 is 2.00 bits per heavy atom. The molecule has 0 atom stereocenters. The lowest BCUT2D eigenvalue weighted by atomic mass is 10.2. The van der Waals surface area contributed by atoms with Crippen LogP contribution in [0.15, 0.2) is 41.3 Å². The highest BCUT2D eigenvalue weighted by Gasteiger charge is 2.16. The number of carboxylic acid groups (broad SMARTS) is 1. The Hall–Kier alpha value is -3.16. The summed E-state index contributed by atoms with van der Waals surface area (Å²) in [6.07, 6.45) is 1.63. The predicted molar refractivity (Wildman–Crippen MR) is 78.0 cm³/mol. The second-order valence-corrected chi connectivity index (χ2v) is 4.57. The molecule has 0 aliphatic heterocycles. The Kier molecular flexibility index (Phi) is 3.34. The van der Waals surface area contributed by atoms with E-state index in [0.29, 0.717) is 23.8 Å². The smallest absolute Gasteiger partial charge is 0.348 e. The molecule has 0 unspecified atom stereocenters. The minimum Gasteiger partial charge on any atom is -0.478 e. The van der Waals surface area contributed by atoms with E-state index in [1.807, 2.05) is 6.92 Å². The van der Waals surface area contributed by atoms with Gasteiger partial charge in [-0.2, -0.15) is 10.2 Å². The Labute approximate surface area is 124 Å². The summed E-state index contributed by atoms with van der Waals surface area (Å²) in [6.45, 7) is 2.58. The molecule has 2 N–H and O–H groups in total. The van der Waals surface area contributed by atoms with Gasteiger partial charge in [0.1, 0.15) is 5.69 Å². The molecule has 0 bridgehead atoms. The first kappa shape index (κ1) is 13.8. The fourth-order valence-corrected chi connectivity index (χ4v) is 2.24. The first-order valence-corrected chi connectivity index (χ1v) is 6.65. The van der Waals surface area contributed by atoms with Crippen molar-refractivity contribution in [3.8, 4) is 17.2 Å². The molecule has 2 aromatic heterocycles. The van der Waals surface area contributed by atoms with E-state index >= 15 is 0 Å². The van der Waals surface area contributed by atoms with Crippen LogP contribution in [0.3, 0.4) is 0 Å².